The van der Waals surface area contributed by atoms with Crippen molar-refractivity contribution in [1.29, 1.82) is 0 Å². The number of fused-ring (bicyclic) bond motifs is 9. The fourth-order valence-electron chi connectivity index (χ4n) is 6.70. The van der Waals surface area contributed by atoms with Crippen LogP contribution in [0.3, 0.4) is 0 Å². The zero-order valence-electron chi connectivity index (χ0n) is 19.4. The molecule has 39 heavy (non-hydrogen) atoms. The average molecular weight is 541 g/mol. The second kappa shape index (κ2) is 7.12. The minimum absolute atomic E-state index is 0.00254. The molecule has 0 saturated carbocycles. The molecule has 2 amide bonds. The zero-order chi connectivity index (χ0) is 27.2. The number of ether oxygens (including phenoxy) is 1. The lowest BCUT2D eigenvalue weighted by Gasteiger charge is -2.45. The summed E-state index contributed by atoms with van der Waals surface area (Å²) in [5.74, 6) is -6.70. The van der Waals surface area contributed by atoms with E-state index in [9.17, 15) is 42.5 Å². The minimum Gasteiger partial charge on any atom is -0.394 e. The molecule has 0 radical (unpaired) electrons. The summed E-state index contributed by atoms with van der Waals surface area (Å²) in [6.07, 6.45) is -6.02. The average Bonchev–Trinajstić information content (AvgIpc) is 3.47. The predicted molar refractivity (Wildman–Crippen MR) is 126 cm³/mol. The van der Waals surface area contributed by atoms with Crippen LogP contribution in [-0.4, -0.2) is 61.2 Å². The number of benzene rings is 3. The quantitative estimate of drug-likeness (QED) is 0.191. The van der Waals surface area contributed by atoms with E-state index in [4.69, 9.17) is 4.74 Å². The maximum atomic E-state index is 14.7. The summed E-state index contributed by atoms with van der Waals surface area (Å²) in [4.78, 5) is 26.3. The van der Waals surface area contributed by atoms with Crippen LogP contribution in [0.25, 0.3) is 43.6 Å². The standard InChI is InChI=1S/C26H15F4N3O6/c27-8-1-6-12(3-10(8)29)32-19-14(5-34)39-26(23(36)22(19)35)33-13-4-11(30)9(28)2-7(13)16-18-17(24(37)31-25(18)38)15(6)20(32)21(16)33/h1-4,14,19,22-23,26,34-36H,5H2,(H,31,37,38)/t14-,19+,22?,23?,26-/m1/s1. The van der Waals surface area contributed by atoms with Crippen molar-refractivity contribution < 1.29 is 47.2 Å². The molecule has 4 N–H and O–H groups in total. The van der Waals surface area contributed by atoms with Gasteiger partial charge in [-0.25, -0.2) is 17.6 Å². The van der Waals surface area contributed by atoms with Gasteiger partial charge in [-0.2, -0.15) is 0 Å². The smallest absolute Gasteiger partial charge is 0.259 e. The van der Waals surface area contributed by atoms with E-state index in [2.05, 4.69) is 5.32 Å². The van der Waals surface area contributed by atoms with Gasteiger partial charge in [0.2, 0.25) is 0 Å². The zero-order valence-corrected chi connectivity index (χ0v) is 19.4. The van der Waals surface area contributed by atoms with Crippen molar-refractivity contribution in [3.8, 4) is 0 Å². The van der Waals surface area contributed by atoms with Crippen LogP contribution in [0.5, 0.6) is 0 Å². The molecule has 2 bridgehead atoms. The first kappa shape index (κ1) is 22.9. The highest BCUT2D eigenvalue weighted by Crippen LogP contribution is 2.52. The van der Waals surface area contributed by atoms with Crippen LogP contribution >= 0.6 is 0 Å². The van der Waals surface area contributed by atoms with Crippen LogP contribution in [-0.2, 0) is 4.74 Å². The van der Waals surface area contributed by atoms with E-state index in [1.54, 1.807) is 0 Å². The molecule has 0 aliphatic carbocycles. The third-order valence-corrected chi connectivity index (χ3v) is 8.17. The number of carbonyl (C=O) groups is 2. The number of imide groups is 1. The molecule has 2 unspecified atom stereocenters. The van der Waals surface area contributed by atoms with Crippen LogP contribution in [0.1, 0.15) is 33.0 Å². The van der Waals surface area contributed by atoms with E-state index in [0.717, 1.165) is 24.3 Å². The molecular weight excluding hydrogens is 526 g/mol. The third kappa shape index (κ3) is 2.49. The van der Waals surface area contributed by atoms with Crippen LogP contribution in [0.4, 0.5) is 17.6 Å². The first-order chi connectivity index (χ1) is 18.6. The topological polar surface area (TPSA) is 126 Å². The molecule has 4 aliphatic heterocycles. The first-order valence-corrected chi connectivity index (χ1v) is 11.9. The Balaban J connectivity index is 1.78. The lowest BCUT2D eigenvalue weighted by molar-refractivity contribution is -0.225. The molecule has 9 rings (SSSR count). The number of nitrogens with one attached hydrogen (secondary N) is 1. The fourth-order valence-corrected chi connectivity index (χ4v) is 6.70. The van der Waals surface area contributed by atoms with Gasteiger partial charge in [-0.3, -0.25) is 14.9 Å². The van der Waals surface area contributed by atoms with Crippen molar-refractivity contribution in [1.82, 2.24) is 14.5 Å². The highest BCUT2D eigenvalue weighted by Gasteiger charge is 2.51. The Morgan fingerprint density at radius 2 is 1.26 bits per heavy atom. The summed E-state index contributed by atoms with van der Waals surface area (Å²) >= 11 is 0. The Hall–Kier alpha value is -4.04. The number of hydrogen-bond acceptors (Lipinski definition) is 6. The molecule has 198 valence electrons. The van der Waals surface area contributed by atoms with Crippen molar-refractivity contribution in [2.45, 2.75) is 30.6 Å². The highest BCUT2D eigenvalue weighted by molar-refractivity contribution is 6.39. The minimum atomic E-state index is -1.70. The summed E-state index contributed by atoms with van der Waals surface area (Å²) in [7, 11) is 0. The van der Waals surface area contributed by atoms with Gasteiger partial charge in [0.05, 0.1) is 45.8 Å². The number of nitrogens with zero attached hydrogens (tertiary/aromatic N) is 2. The number of amides is 2. The Labute approximate surface area is 213 Å². The van der Waals surface area contributed by atoms with Crippen LogP contribution in [0.2, 0.25) is 0 Å². The lowest BCUT2D eigenvalue weighted by atomic mass is 9.92. The van der Waals surface area contributed by atoms with E-state index in [1.165, 1.54) is 9.13 Å². The fraction of sp³-hybridized carbons (Fsp3) is 0.231. The maximum Gasteiger partial charge on any atom is 0.259 e. The largest absolute Gasteiger partial charge is 0.394 e. The van der Waals surface area contributed by atoms with Gasteiger partial charge in [-0.05, 0) is 12.1 Å². The van der Waals surface area contributed by atoms with Crippen LogP contribution in [0.15, 0.2) is 24.3 Å². The molecule has 2 aromatic heterocycles. The second-order valence-electron chi connectivity index (χ2n) is 10.0. The summed E-state index contributed by atoms with van der Waals surface area (Å²) in [5.41, 5.74) is -0.261. The van der Waals surface area contributed by atoms with Crippen molar-refractivity contribution >= 4 is 55.4 Å². The number of rotatable bonds is 1. The maximum absolute atomic E-state index is 14.7. The van der Waals surface area contributed by atoms with E-state index in [-0.39, 0.29) is 54.7 Å². The van der Waals surface area contributed by atoms with Gasteiger partial charge in [-0.1, -0.05) is 0 Å². The molecule has 1 saturated heterocycles. The van der Waals surface area contributed by atoms with Crippen LogP contribution < -0.4 is 5.32 Å². The Morgan fingerprint density at radius 3 is 1.79 bits per heavy atom. The van der Waals surface area contributed by atoms with Gasteiger partial charge in [0.25, 0.3) is 11.8 Å². The lowest BCUT2D eigenvalue weighted by Crippen LogP contribution is -2.54. The van der Waals surface area contributed by atoms with E-state index < -0.39 is 72.3 Å². The van der Waals surface area contributed by atoms with Crippen molar-refractivity contribution in [3.63, 3.8) is 0 Å². The number of carbonyl (C=O) groups excluding carboxylic acids is 2. The van der Waals surface area contributed by atoms with Gasteiger partial charge < -0.3 is 29.2 Å². The Bertz CT molecular complexity index is 2010. The Kier molecular flexibility index (Phi) is 4.18. The summed E-state index contributed by atoms with van der Waals surface area (Å²) in [5, 5.41) is 35.0. The van der Waals surface area contributed by atoms with E-state index >= 15 is 0 Å². The first-order valence-electron chi connectivity index (χ1n) is 11.9. The normalized spacial score (nSPS) is 25.9. The van der Waals surface area contributed by atoms with Crippen LogP contribution in [0, 0.1) is 23.3 Å². The molecule has 4 aliphatic rings. The molecular formula is C26H15F4N3O6. The summed E-state index contributed by atoms with van der Waals surface area (Å²) in [6, 6.07) is 2.08. The van der Waals surface area contributed by atoms with Gasteiger partial charge in [0.1, 0.15) is 18.3 Å². The number of hydrogen-bond donors (Lipinski definition) is 4. The van der Waals surface area contributed by atoms with Crippen molar-refractivity contribution in [2.75, 3.05) is 6.61 Å². The number of aliphatic hydroxyl groups is 3. The molecule has 13 heteroatoms. The molecule has 5 atom stereocenters. The van der Waals surface area contributed by atoms with Crippen molar-refractivity contribution in [2.24, 2.45) is 0 Å². The SMILES string of the molecule is O=C1NC(=O)c2c1c1c3cc(F)c(F)cc3n3c1c1c2c2cc(F)c(F)cc2n1[C@@H]1C(O)C(O)[C@H]3O[C@@H]1CO. The van der Waals surface area contributed by atoms with Crippen molar-refractivity contribution in [3.05, 3.63) is 58.7 Å². The summed E-state index contributed by atoms with van der Waals surface area (Å²) in [6.45, 7) is -0.680. The number of halogens is 4. The molecule has 3 aromatic carbocycles. The molecule has 0 spiro atoms. The molecule has 9 nitrogen and oxygen atoms in total. The molecule has 1 fully saturated rings. The number of aromatic nitrogens is 2. The molecule has 5 aromatic rings. The second-order valence-corrected chi connectivity index (χ2v) is 10.0. The van der Waals surface area contributed by atoms with Gasteiger partial charge >= 0.3 is 0 Å². The monoisotopic (exact) mass is 541 g/mol. The van der Waals surface area contributed by atoms with Gasteiger partial charge in [0.15, 0.2) is 29.5 Å². The highest BCUT2D eigenvalue weighted by atomic mass is 19.2. The number of aliphatic hydroxyl groups excluding tert-OH is 3. The van der Waals surface area contributed by atoms with Gasteiger partial charge in [0, 0.05) is 33.7 Å². The van der Waals surface area contributed by atoms with Gasteiger partial charge in [-0.15, -0.1) is 0 Å². The third-order valence-electron chi connectivity index (χ3n) is 8.17. The van der Waals surface area contributed by atoms with E-state index in [1.807, 2.05) is 0 Å². The summed E-state index contributed by atoms with van der Waals surface area (Å²) < 4.78 is 67.1. The van der Waals surface area contributed by atoms with E-state index in [0.29, 0.717) is 0 Å². The predicted octanol–water partition coefficient (Wildman–Crippen LogP) is 2.51. The molecule has 6 heterocycles. The Morgan fingerprint density at radius 1 is 0.769 bits per heavy atom.